The van der Waals surface area contributed by atoms with Gasteiger partial charge in [0.2, 0.25) is 0 Å². The van der Waals surface area contributed by atoms with Crippen LogP contribution in [0, 0.1) is 5.41 Å². The first-order valence-electron chi connectivity index (χ1n) is 8.80. The average Bonchev–Trinajstić information content (AvgIpc) is 2.60. The van der Waals surface area contributed by atoms with Crippen LogP contribution in [-0.4, -0.2) is 46.4 Å². The Bertz CT molecular complexity index is 943. The molecule has 152 valence electrons. The lowest BCUT2D eigenvalue weighted by Crippen LogP contribution is -2.40. The molecule has 0 saturated heterocycles. The summed E-state index contributed by atoms with van der Waals surface area (Å²) < 4.78 is 27.8. The molecule has 28 heavy (non-hydrogen) atoms. The third-order valence-corrected chi connectivity index (χ3v) is 5.69. The van der Waals surface area contributed by atoms with E-state index in [2.05, 4.69) is 28.8 Å². The number of para-hydroxylation sites is 1. The Morgan fingerprint density at radius 1 is 1.11 bits per heavy atom. The van der Waals surface area contributed by atoms with Gasteiger partial charge in [0.25, 0.3) is 15.9 Å². The molecule has 0 atom stereocenters. The molecule has 8 heteroatoms. The van der Waals surface area contributed by atoms with Crippen molar-refractivity contribution in [1.82, 2.24) is 10.2 Å². The predicted molar refractivity (Wildman–Crippen MR) is 113 cm³/mol. The van der Waals surface area contributed by atoms with Gasteiger partial charge in [0.15, 0.2) is 0 Å². The van der Waals surface area contributed by atoms with Gasteiger partial charge in [-0.15, -0.1) is 0 Å². The van der Waals surface area contributed by atoms with E-state index in [1.54, 1.807) is 36.4 Å². The summed E-state index contributed by atoms with van der Waals surface area (Å²) in [4.78, 5) is 14.6. The monoisotopic (exact) mass is 423 g/mol. The number of nitrogens with zero attached hydrogens (tertiary/aromatic N) is 1. The highest BCUT2D eigenvalue weighted by Crippen LogP contribution is 2.24. The molecule has 2 rings (SSSR count). The number of anilines is 1. The molecule has 0 heterocycles. The normalized spacial score (nSPS) is 12.1. The summed E-state index contributed by atoms with van der Waals surface area (Å²) in [5.74, 6) is -0.318. The Kier molecular flexibility index (Phi) is 7.09. The summed E-state index contributed by atoms with van der Waals surface area (Å²) >= 11 is 6.02. The van der Waals surface area contributed by atoms with Gasteiger partial charge in [-0.05, 0) is 49.8 Å². The van der Waals surface area contributed by atoms with Crippen LogP contribution >= 0.6 is 11.6 Å². The maximum atomic E-state index is 12.7. The lowest BCUT2D eigenvalue weighted by Gasteiger charge is -2.28. The molecule has 2 aromatic rings. The number of nitrogens with one attached hydrogen (secondary N) is 2. The van der Waals surface area contributed by atoms with Gasteiger partial charge in [0, 0.05) is 18.7 Å². The minimum atomic E-state index is -3.87. The Morgan fingerprint density at radius 2 is 1.79 bits per heavy atom. The lowest BCUT2D eigenvalue weighted by molar-refractivity contribution is 0.0929. The van der Waals surface area contributed by atoms with Crippen LogP contribution in [0.3, 0.4) is 0 Å². The Labute approximate surface area is 171 Å². The Hall–Kier alpha value is -2.09. The fourth-order valence-corrected chi connectivity index (χ4v) is 4.25. The lowest BCUT2D eigenvalue weighted by atomic mass is 9.93. The number of hydrogen-bond acceptors (Lipinski definition) is 4. The van der Waals surface area contributed by atoms with E-state index in [4.69, 9.17) is 11.6 Å². The van der Waals surface area contributed by atoms with Crippen LogP contribution < -0.4 is 10.0 Å². The van der Waals surface area contributed by atoms with Crippen LogP contribution in [0.1, 0.15) is 24.2 Å². The third-order valence-electron chi connectivity index (χ3n) is 4.00. The molecule has 0 aliphatic heterocycles. The zero-order valence-corrected chi connectivity index (χ0v) is 18.1. The number of carbonyl (C=O) groups excluding carboxylic acids is 1. The zero-order chi connectivity index (χ0) is 20.9. The van der Waals surface area contributed by atoms with Gasteiger partial charge in [0.1, 0.15) is 0 Å². The van der Waals surface area contributed by atoms with Gasteiger partial charge in [-0.3, -0.25) is 9.52 Å². The van der Waals surface area contributed by atoms with Gasteiger partial charge in [-0.25, -0.2) is 8.42 Å². The molecule has 0 aromatic heterocycles. The summed E-state index contributed by atoms with van der Waals surface area (Å²) in [5.41, 5.74) is 0.446. The van der Waals surface area contributed by atoms with Crippen molar-refractivity contribution in [1.29, 1.82) is 0 Å². The summed E-state index contributed by atoms with van der Waals surface area (Å²) in [7, 11) is 0.0800. The van der Waals surface area contributed by atoms with E-state index in [-0.39, 0.29) is 27.5 Å². The van der Waals surface area contributed by atoms with E-state index < -0.39 is 10.0 Å². The summed E-state index contributed by atoms with van der Waals surface area (Å²) in [6.07, 6.45) is 0. The van der Waals surface area contributed by atoms with Crippen molar-refractivity contribution in [2.75, 3.05) is 31.9 Å². The van der Waals surface area contributed by atoms with Crippen molar-refractivity contribution in [2.24, 2.45) is 5.41 Å². The van der Waals surface area contributed by atoms with E-state index >= 15 is 0 Å². The van der Waals surface area contributed by atoms with Crippen LogP contribution in [0.5, 0.6) is 0 Å². The first-order valence-corrected chi connectivity index (χ1v) is 10.7. The fraction of sp³-hybridized carbons (Fsp3) is 0.350. The molecule has 1 amide bonds. The van der Waals surface area contributed by atoms with Crippen molar-refractivity contribution in [3.8, 4) is 0 Å². The molecule has 0 fully saturated rings. The van der Waals surface area contributed by atoms with Crippen molar-refractivity contribution < 1.29 is 13.2 Å². The minimum Gasteiger partial charge on any atom is -0.351 e. The van der Waals surface area contributed by atoms with Crippen molar-refractivity contribution >= 4 is 33.2 Å². The Balaban J connectivity index is 2.14. The van der Waals surface area contributed by atoms with Gasteiger partial charge in [-0.2, -0.15) is 0 Å². The van der Waals surface area contributed by atoms with Crippen LogP contribution in [0.4, 0.5) is 5.69 Å². The van der Waals surface area contributed by atoms with Crippen molar-refractivity contribution in [3.05, 3.63) is 59.1 Å². The molecule has 2 aromatic carbocycles. The second-order valence-corrected chi connectivity index (χ2v) is 9.79. The smallest absolute Gasteiger partial charge is 0.261 e. The summed E-state index contributed by atoms with van der Waals surface area (Å²) in [6, 6.07) is 12.5. The van der Waals surface area contributed by atoms with E-state index in [1.165, 1.54) is 12.1 Å². The molecular formula is C20H26ClN3O3S. The molecule has 0 aliphatic carbocycles. The highest BCUT2D eigenvalue weighted by Gasteiger charge is 2.21. The quantitative estimate of drug-likeness (QED) is 0.681. The first kappa shape index (κ1) is 22.2. The highest BCUT2D eigenvalue weighted by molar-refractivity contribution is 7.92. The van der Waals surface area contributed by atoms with Crippen LogP contribution in [-0.2, 0) is 10.0 Å². The van der Waals surface area contributed by atoms with Gasteiger partial charge >= 0.3 is 0 Å². The topological polar surface area (TPSA) is 78.5 Å². The maximum Gasteiger partial charge on any atom is 0.261 e. The van der Waals surface area contributed by atoms with E-state index in [9.17, 15) is 13.2 Å². The number of halogens is 1. The maximum absolute atomic E-state index is 12.7. The van der Waals surface area contributed by atoms with Crippen LogP contribution in [0.25, 0.3) is 0 Å². The largest absolute Gasteiger partial charge is 0.351 e. The second kappa shape index (κ2) is 8.94. The van der Waals surface area contributed by atoms with Crippen molar-refractivity contribution in [3.63, 3.8) is 0 Å². The molecule has 0 spiro atoms. The standard InChI is InChI=1S/C20H26ClN3O3S/c1-20(2,14-24(3)4)13-22-19(25)15-8-7-9-16(12-15)28(26,27)23-18-11-6-5-10-17(18)21/h5-12,23H,13-14H2,1-4H3,(H,22,25). The molecule has 0 unspecified atom stereocenters. The number of carbonyl (C=O) groups is 1. The average molecular weight is 424 g/mol. The van der Waals surface area contributed by atoms with Crippen LogP contribution in [0.2, 0.25) is 5.02 Å². The van der Waals surface area contributed by atoms with E-state index in [0.29, 0.717) is 11.6 Å². The highest BCUT2D eigenvalue weighted by atomic mass is 35.5. The van der Waals surface area contributed by atoms with Crippen LogP contribution in [0.15, 0.2) is 53.4 Å². The SMILES string of the molecule is CN(C)CC(C)(C)CNC(=O)c1cccc(S(=O)(=O)Nc2ccccc2Cl)c1. The fourth-order valence-electron chi connectivity index (χ4n) is 2.89. The second-order valence-electron chi connectivity index (χ2n) is 7.70. The third kappa shape index (κ3) is 6.22. The molecule has 0 bridgehead atoms. The molecular weight excluding hydrogens is 398 g/mol. The number of hydrogen-bond donors (Lipinski definition) is 2. The number of sulfonamides is 1. The van der Waals surface area contributed by atoms with Gasteiger partial charge in [0.05, 0.1) is 15.6 Å². The van der Waals surface area contributed by atoms with Gasteiger partial charge < -0.3 is 10.2 Å². The van der Waals surface area contributed by atoms with Crippen molar-refractivity contribution in [2.45, 2.75) is 18.7 Å². The molecule has 2 N–H and O–H groups in total. The van der Waals surface area contributed by atoms with E-state index in [1.807, 2.05) is 14.1 Å². The van der Waals surface area contributed by atoms with Gasteiger partial charge in [-0.1, -0.05) is 43.6 Å². The molecule has 0 radical (unpaired) electrons. The first-order chi connectivity index (χ1) is 13.0. The zero-order valence-electron chi connectivity index (χ0n) is 16.5. The van der Waals surface area contributed by atoms with E-state index in [0.717, 1.165) is 6.54 Å². The number of amides is 1. The molecule has 0 saturated carbocycles. The molecule has 0 aliphatic rings. The Morgan fingerprint density at radius 3 is 2.43 bits per heavy atom. The molecule has 6 nitrogen and oxygen atoms in total. The minimum absolute atomic E-state index is 0.00683. The summed E-state index contributed by atoms with van der Waals surface area (Å²) in [6.45, 7) is 5.39. The summed E-state index contributed by atoms with van der Waals surface area (Å²) in [5, 5.41) is 3.17. The number of rotatable bonds is 8. The predicted octanol–water partition coefficient (Wildman–Crippen LogP) is 3.46. The number of benzene rings is 2.